The molecule has 0 saturated carbocycles. The molecule has 0 fully saturated rings. The number of benzene rings is 2. The van der Waals surface area contributed by atoms with Gasteiger partial charge in [0.1, 0.15) is 18.3 Å². The average molecular weight is 511 g/mol. The van der Waals surface area contributed by atoms with Crippen LogP contribution in [0.2, 0.25) is 10.0 Å². The topological polar surface area (TPSA) is 104 Å². The first-order valence-corrected chi connectivity index (χ1v) is 11.6. The number of hydrogen-bond donors (Lipinski definition) is 2. The summed E-state index contributed by atoms with van der Waals surface area (Å²) in [7, 11) is 1.58. The third-order valence-corrected chi connectivity index (χ3v) is 6.10. The molecule has 0 aliphatic heterocycles. The van der Waals surface area contributed by atoms with Gasteiger partial charge in [0.25, 0.3) is 5.91 Å². The Labute approximate surface area is 214 Å². The molecule has 0 spiro atoms. The number of carbonyl (C=O) groups excluding carboxylic acids is 2. The lowest BCUT2D eigenvalue weighted by molar-refractivity contribution is -0.123. The molecule has 0 saturated heterocycles. The lowest BCUT2D eigenvalue weighted by Gasteiger charge is -2.23. The van der Waals surface area contributed by atoms with Gasteiger partial charge in [-0.25, -0.2) is 0 Å². The molecule has 9 heteroatoms. The molecule has 0 unspecified atom stereocenters. The number of para-hydroxylation sites is 1. The Morgan fingerprint density at radius 2 is 1.80 bits per heavy atom. The molecule has 2 aromatic carbocycles. The van der Waals surface area contributed by atoms with Crippen LogP contribution in [0.25, 0.3) is 11.3 Å². The molecule has 0 bridgehead atoms. The second-order valence-electron chi connectivity index (χ2n) is 7.81. The fraction of sp³-hybridized carbons (Fsp3) is 0.231. The Bertz CT molecular complexity index is 1220. The smallest absolute Gasteiger partial charge is 0.253 e. The third-order valence-electron chi connectivity index (χ3n) is 5.47. The van der Waals surface area contributed by atoms with Crippen LogP contribution in [-0.2, 0) is 4.79 Å². The van der Waals surface area contributed by atoms with E-state index in [2.05, 4.69) is 15.6 Å². The number of carbonyl (C=O) groups is 2. The van der Waals surface area contributed by atoms with E-state index in [1.165, 1.54) is 6.20 Å². The Balaban J connectivity index is 1.80. The lowest BCUT2D eigenvalue weighted by atomic mass is 9.92. The van der Waals surface area contributed by atoms with E-state index in [4.69, 9.17) is 33.2 Å². The van der Waals surface area contributed by atoms with Crippen molar-refractivity contribution in [2.24, 2.45) is 0 Å². The minimum absolute atomic E-state index is 0.118. The van der Waals surface area contributed by atoms with Gasteiger partial charge in [-0.1, -0.05) is 54.4 Å². The maximum absolute atomic E-state index is 13.0. The fourth-order valence-electron chi connectivity index (χ4n) is 3.70. The Morgan fingerprint density at radius 3 is 2.43 bits per heavy atom. The van der Waals surface area contributed by atoms with Gasteiger partial charge in [-0.05, 0) is 48.2 Å². The zero-order valence-electron chi connectivity index (χ0n) is 19.2. The molecule has 35 heavy (non-hydrogen) atoms. The quantitative estimate of drug-likeness (QED) is 0.394. The van der Waals surface area contributed by atoms with Crippen LogP contribution in [0.1, 0.15) is 35.2 Å². The molecule has 0 aliphatic rings. The number of hydrogen-bond acceptors (Lipinski definition) is 5. The van der Waals surface area contributed by atoms with Gasteiger partial charge in [-0.2, -0.15) is 5.26 Å². The predicted molar refractivity (Wildman–Crippen MR) is 136 cm³/mol. The lowest BCUT2D eigenvalue weighted by Crippen LogP contribution is -2.47. The van der Waals surface area contributed by atoms with Gasteiger partial charge in [0.05, 0.1) is 34.5 Å². The minimum atomic E-state index is -0.881. The largest absolute Gasteiger partial charge is 0.496 e. The molecule has 3 aromatic rings. The summed E-state index contributed by atoms with van der Waals surface area (Å²) in [6, 6.07) is 16.9. The highest BCUT2D eigenvalue weighted by Crippen LogP contribution is 2.33. The zero-order valence-corrected chi connectivity index (χ0v) is 20.7. The number of pyridine rings is 1. The van der Waals surface area contributed by atoms with Gasteiger partial charge < -0.3 is 15.4 Å². The van der Waals surface area contributed by atoms with Crippen molar-refractivity contribution in [3.05, 3.63) is 82.0 Å². The van der Waals surface area contributed by atoms with E-state index in [1.807, 2.05) is 37.3 Å². The molecule has 3 rings (SSSR count). The van der Waals surface area contributed by atoms with Crippen molar-refractivity contribution in [2.75, 3.05) is 13.7 Å². The maximum atomic E-state index is 13.0. The van der Waals surface area contributed by atoms with Crippen molar-refractivity contribution in [1.29, 1.82) is 5.26 Å². The van der Waals surface area contributed by atoms with Gasteiger partial charge in [-0.3, -0.25) is 14.6 Å². The van der Waals surface area contributed by atoms with Gasteiger partial charge in [-0.15, -0.1) is 0 Å². The Hall–Kier alpha value is -3.60. The summed E-state index contributed by atoms with van der Waals surface area (Å²) in [5.74, 6) is -0.347. The summed E-state index contributed by atoms with van der Waals surface area (Å²) in [4.78, 5) is 30.1. The number of methoxy groups -OCH3 is 1. The summed E-state index contributed by atoms with van der Waals surface area (Å²) in [5.41, 5.74) is 2.26. The van der Waals surface area contributed by atoms with Crippen LogP contribution in [0.15, 0.2) is 60.8 Å². The minimum Gasteiger partial charge on any atom is -0.496 e. The van der Waals surface area contributed by atoms with E-state index in [-0.39, 0.29) is 18.0 Å². The van der Waals surface area contributed by atoms with Crippen molar-refractivity contribution in [3.8, 4) is 23.1 Å². The Morgan fingerprint density at radius 1 is 1.09 bits per heavy atom. The molecule has 2 N–H and O–H groups in total. The number of rotatable bonds is 9. The number of nitriles is 1. The van der Waals surface area contributed by atoms with E-state index in [9.17, 15) is 9.59 Å². The van der Waals surface area contributed by atoms with Crippen molar-refractivity contribution in [3.63, 3.8) is 0 Å². The van der Waals surface area contributed by atoms with E-state index in [0.29, 0.717) is 33.5 Å². The maximum Gasteiger partial charge on any atom is 0.253 e. The van der Waals surface area contributed by atoms with E-state index < -0.39 is 17.9 Å². The van der Waals surface area contributed by atoms with Gasteiger partial charge in [0.15, 0.2) is 0 Å². The van der Waals surface area contributed by atoms with Gasteiger partial charge in [0.2, 0.25) is 5.91 Å². The highest BCUT2D eigenvalue weighted by atomic mass is 35.5. The summed E-state index contributed by atoms with van der Waals surface area (Å²) in [5, 5.41) is 15.0. The molecule has 0 aliphatic carbocycles. The Kier molecular flexibility index (Phi) is 9.07. The monoisotopic (exact) mass is 510 g/mol. The van der Waals surface area contributed by atoms with Crippen LogP contribution in [-0.4, -0.2) is 36.5 Å². The van der Waals surface area contributed by atoms with Crippen LogP contribution in [0.3, 0.4) is 0 Å². The highest BCUT2D eigenvalue weighted by molar-refractivity contribution is 6.39. The highest BCUT2D eigenvalue weighted by Gasteiger charge is 2.25. The third kappa shape index (κ3) is 6.50. The van der Waals surface area contributed by atoms with E-state index in [1.54, 1.807) is 37.4 Å². The normalized spacial score (nSPS) is 12.2. The molecule has 2 atom stereocenters. The predicted octanol–water partition coefficient (Wildman–Crippen LogP) is 5.00. The molecule has 7 nitrogen and oxygen atoms in total. The van der Waals surface area contributed by atoms with Crippen molar-refractivity contribution in [2.45, 2.75) is 25.3 Å². The molecular weight excluding hydrogens is 487 g/mol. The number of nitrogens with zero attached hydrogens (tertiary/aromatic N) is 2. The molecule has 180 valence electrons. The SMILES string of the molecule is COc1ccccc1[C@@H](C)C[C@H](NC(=O)c1ccc(-c2c(Cl)cccc2Cl)nc1)C(=O)NCC#N. The van der Waals surface area contributed by atoms with Crippen molar-refractivity contribution < 1.29 is 14.3 Å². The van der Waals surface area contributed by atoms with Crippen LogP contribution in [0, 0.1) is 11.3 Å². The molecule has 2 amide bonds. The van der Waals surface area contributed by atoms with Crippen LogP contribution < -0.4 is 15.4 Å². The first-order valence-electron chi connectivity index (χ1n) is 10.8. The fourth-order valence-corrected chi connectivity index (χ4v) is 4.29. The molecule has 1 heterocycles. The van der Waals surface area contributed by atoms with Crippen LogP contribution >= 0.6 is 23.2 Å². The molecule has 1 aromatic heterocycles. The number of aromatic nitrogens is 1. The standard InChI is InChI=1S/C26H24Cl2N4O3/c1-16(18-6-3-4-9-23(18)35-2)14-22(26(34)30-13-12-29)32-25(33)17-10-11-21(31-15-17)24-19(27)7-5-8-20(24)28/h3-11,15-16,22H,13-14H2,1-2H3,(H,30,34)(H,32,33)/t16-,22-/m0/s1. The van der Waals surface area contributed by atoms with Crippen molar-refractivity contribution in [1.82, 2.24) is 15.6 Å². The number of halogens is 2. The number of amides is 2. The van der Waals surface area contributed by atoms with E-state index >= 15 is 0 Å². The zero-order chi connectivity index (χ0) is 25.4. The second kappa shape index (κ2) is 12.2. The van der Waals surface area contributed by atoms with Gasteiger partial charge in [0, 0.05) is 11.8 Å². The number of ether oxygens (including phenoxy) is 1. The second-order valence-corrected chi connectivity index (χ2v) is 8.62. The van der Waals surface area contributed by atoms with Crippen molar-refractivity contribution >= 4 is 35.0 Å². The average Bonchev–Trinajstić information content (AvgIpc) is 2.87. The summed E-state index contributed by atoms with van der Waals surface area (Å²) < 4.78 is 5.43. The molecule has 0 radical (unpaired) electrons. The number of nitrogens with one attached hydrogen (secondary N) is 2. The summed E-state index contributed by atoms with van der Waals surface area (Å²) in [6.07, 6.45) is 1.70. The first-order chi connectivity index (χ1) is 16.8. The summed E-state index contributed by atoms with van der Waals surface area (Å²) >= 11 is 12.5. The van der Waals surface area contributed by atoms with Crippen LogP contribution in [0.5, 0.6) is 5.75 Å². The van der Waals surface area contributed by atoms with Crippen LogP contribution in [0.4, 0.5) is 0 Å². The summed E-state index contributed by atoms with van der Waals surface area (Å²) in [6.45, 7) is 1.78. The first kappa shape index (κ1) is 26.0. The van der Waals surface area contributed by atoms with E-state index in [0.717, 1.165) is 5.56 Å². The van der Waals surface area contributed by atoms with Gasteiger partial charge >= 0.3 is 0 Å². The molecular formula is C26H24Cl2N4O3.